The van der Waals surface area contributed by atoms with Gasteiger partial charge in [0.25, 0.3) is 0 Å². The number of hydrogen-bond acceptors (Lipinski definition) is 3. The van der Waals surface area contributed by atoms with Gasteiger partial charge in [-0.15, -0.1) is 0 Å². The van der Waals surface area contributed by atoms with Crippen LogP contribution in [-0.2, 0) is 0 Å². The maximum atomic E-state index is 4.99. The molecule has 0 saturated heterocycles. The summed E-state index contributed by atoms with van der Waals surface area (Å²) in [6.07, 6.45) is 5.18. The molecule has 0 bridgehead atoms. The number of aromatic amines is 3. The van der Waals surface area contributed by atoms with E-state index in [9.17, 15) is 0 Å². The van der Waals surface area contributed by atoms with E-state index in [0.717, 1.165) is 33.1 Å². The predicted molar refractivity (Wildman–Crippen MR) is 160 cm³/mol. The van der Waals surface area contributed by atoms with Crippen molar-refractivity contribution in [1.82, 2.24) is 29.9 Å². The molecule has 6 aromatic rings. The Balaban J connectivity index is 0.000000144. The number of halogens is 3. The Kier molecular flexibility index (Phi) is 10.5. The van der Waals surface area contributed by atoms with Crippen LogP contribution in [0.2, 0.25) is 0 Å². The first-order valence-corrected chi connectivity index (χ1v) is 21.2. The van der Waals surface area contributed by atoms with Gasteiger partial charge in [-0.05, 0) is 111 Å². The molecule has 0 saturated carbocycles. The van der Waals surface area contributed by atoms with E-state index in [2.05, 4.69) is 108 Å². The number of benzene rings is 3. The zero-order valence-electron chi connectivity index (χ0n) is 21.7. The van der Waals surface area contributed by atoms with Gasteiger partial charge in [0.05, 0.1) is 52.1 Å². The topological polar surface area (TPSA) is 86.0 Å². The molecule has 10 heteroatoms. The Labute approximate surface area is 234 Å². The van der Waals surface area contributed by atoms with Crippen LogP contribution in [-0.4, -0.2) is 43.1 Å². The number of aryl methyl sites for hydroxylation is 6. The van der Waals surface area contributed by atoms with Crippen molar-refractivity contribution in [2.75, 3.05) is 0 Å². The van der Waals surface area contributed by atoms with Crippen LogP contribution in [0.25, 0.3) is 33.1 Å². The number of hydrogen-bond donors (Lipinski definition) is 3. The van der Waals surface area contributed by atoms with E-state index in [1.165, 1.54) is 33.4 Å². The van der Waals surface area contributed by atoms with Gasteiger partial charge in [-0.3, -0.25) is 0 Å². The Morgan fingerprint density at radius 2 is 0.676 bits per heavy atom. The molecule has 0 fully saturated rings. The standard InChI is InChI=1S/3C9H10N2.3ClH.Ga/c3*1-6-3-8-9(4-7(6)2)11-5-10-8;;;;/h3*3-5H,1-2H3,(H,10,11);3*1H;/q;;;;;;+3/p-3. The molecule has 0 aliphatic rings. The average molecular weight is 615 g/mol. The monoisotopic (exact) mass is 612 g/mol. The minimum absolute atomic E-state index is 1.05. The van der Waals surface area contributed by atoms with Crippen molar-refractivity contribution in [3.8, 4) is 0 Å². The average Bonchev–Trinajstić information content (AvgIpc) is 3.57. The van der Waals surface area contributed by atoms with Crippen LogP contribution in [0.1, 0.15) is 33.4 Å². The molecule has 3 aromatic carbocycles. The number of nitrogens with one attached hydrogen (secondary N) is 3. The van der Waals surface area contributed by atoms with Crippen LogP contribution in [0, 0.1) is 41.5 Å². The number of fused-ring (bicyclic) bond motifs is 3. The molecule has 0 unspecified atom stereocenters. The Bertz CT molecular complexity index is 1310. The maximum absolute atomic E-state index is 4.99. The third-order valence-corrected chi connectivity index (χ3v) is 6.11. The van der Waals surface area contributed by atoms with Gasteiger partial charge < -0.3 is 15.0 Å². The van der Waals surface area contributed by atoms with Crippen molar-refractivity contribution in [2.45, 2.75) is 41.5 Å². The Hall–Kier alpha value is -2.42. The van der Waals surface area contributed by atoms with Gasteiger partial charge in [0.15, 0.2) is 0 Å². The molecule has 0 aliphatic heterocycles. The number of rotatable bonds is 0. The Morgan fingerprint density at radius 1 is 0.459 bits per heavy atom. The SMILES string of the molecule is Cc1cc2nc[nH]c2cc1C.Cc1cc2nc[nH]c2cc1C.Cc1cc2nc[nH]c2cc1C.[Cl][Ga]([Cl])[Cl]. The zero-order chi connectivity index (χ0) is 27.1. The summed E-state index contributed by atoms with van der Waals surface area (Å²) >= 11 is -2.06. The van der Waals surface area contributed by atoms with Gasteiger partial charge >= 0.3 is 42.1 Å². The predicted octanol–water partition coefficient (Wildman–Crippen LogP) is 8.23. The molecule has 3 N–H and O–H groups in total. The number of nitrogens with zero attached hydrogens (tertiary/aromatic N) is 3. The molecule has 192 valence electrons. The first kappa shape index (κ1) is 29.1. The quantitative estimate of drug-likeness (QED) is 0.151. The van der Waals surface area contributed by atoms with Crippen LogP contribution < -0.4 is 0 Å². The molecule has 3 heterocycles. The molecule has 0 aliphatic carbocycles. The van der Waals surface area contributed by atoms with Gasteiger partial charge in [0.1, 0.15) is 0 Å². The minimum atomic E-state index is -2.06. The van der Waals surface area contributed by atoms with Crippen molar-refractivity contribution in [3.63, 3.8) is 0 Å². The van der Waals surface area contributed by atoms with E-state index >= 15 is 0 Å². The molecule has 6 nitrogen and oxygen atoms in total. The molecule has 0 spiro atoms. The fourth-order valence-corrected chi connectivity index (χ4v) is 3.58. The summed E-state index contributed by atoms with van der Waals surface area (Å²) in [7, 11) is 15.0. The summed E-state index contributed by atoms with van der Waals surface area (Å²) in [5, 5.41) is 0. The third-order valence-electron chi connectivity index (χ3n) is 6.11. The summed E-state index contributed by atoms with van der Waals surface area (Å²) in [5.74, 6) is 0. The van der Waals surface area contributed by atoms with Crippen molar-refractivity contribution in [2.24, 2.45) is 0 Å². The molecule has 6 rings (SSSR count). The number of aromatic nitrogens is 6. The van der Waals surface area contributed by atoms with E-state index in [1.807, 2.05) is 0 Å². The second-order valence-corrected chi connectivity index (χ2v) is 20.1. The van der Waals surface area contributed by atoms with Crippen LogP contribution >= 0.6 is 28.9 Å². The fourth-order valence-electron chi connectivity index (χ4n) is 3.58. The zero-order valence-corrected chi connectivity index (χ0v) is 26.4. The third kappa shape index (κ3) is 8.28. The van der Waals surface area contributed by atoms with E-state index in [-0.39, 0.29) is 0 Å². The molecular formula is C27H30Cl3GaN6. The van der Waals surface area contributed by atoms with Gasteiger partial charge in [-0.2, -0.15) is 0 Å². The fraction of sp³-hybridized carbons (Fsp3) is 0.222. The second kappa shape index (κ2) is 13.4. The first-order chi connectivity index (χ1) is 17.5. The second-order valence-electron chi connectivity index (χ2n) is 8.82. The summed E-state index contributed by atoms with van der Waals surface area (Å²) in [5.41, 5.74) is 14.3. The van der Waals surface area contributed by atoms with Crippen LogP contribution in [0.15, 0.2) is 55.4 Å². The molecule has 0 radical (unpaired) electrons. The number of imidazole rings is 3. The van der Waals surface area contributed by atoms with E-state index in [4.69, 9.17) is 28.9 Å². The normalized spacial score (nSPS) is 10.3. The van der Waals surface area contributed by atoms with Gasteiger partial charge in [-0.1, -0.05) is 0 Å². The van der Waals surface area contributed by atoms with Gasteiger partial charge in [-0.25, -0.2) is 15.0 Å². The van der Waals surface area contributed by atoms with Crippen molar-refractivity contribution in [1.29, 1.82) is 0 Å². The molecule has 0 amide bonds. The van der Waals surface area contributed by atoms with E-state index in [1.54, 1.807) is 19.0 Å². The van der Waals surface area contributed by atoms with E-state index < -0.39 is 13.2 Å². The molecule has 37 heavy (non-hydrogen) atoms. The van der Waals surface area contributed by atoms with E-state index in [0.29, 0.717) is 0 Å². The molecular weight excluding hydrogens is 584 g/mol. The number of H-pyrrole nitrogens is 3. The van der Waals surface area contributed by atoms with Gasteiger partial charge in [0, 0.05) is 0 Å². The van der Waals surface area contributed by atoms with Crippen LogP contribution in [0.5, 0.6) is 0 Å². The van der Waals surface area contributed by atoms with Crippen molar-refractivity contribution < 1.29 is 0 Å². The van der Waals surface area contributed by atoms with Crippen molar-refractivity contribution in [3.05, 3.63) is 88.8 Å². The van der Waals surface area contributed by atoms with Crippen LogP contribution in [0.3, 0.4) is 0 Å². The summed E-state index contributed by atoms with van der Waals surface area (Å²) in [4.78, 5) is 21.7. The first-order valence-electron chi connectivity index (χ1n) is 11.7. The van der Waals surface area contributed by atoms with Gasteiger partial charge in [0.2, 0.25) is 0 Å². The summed E-state index contributed by atoms with van der Waals surface area (Å²) in [6, 6.07) is 12.7. The molecule has 3 aromatic heterocycles. The summed E-state index contributed by atoms with van der Waals surface area (Å²) in [6.45, 7) is 12.6. The molecule has 0 atom stereocenters. The van der Waals surface area contributed by atoms with Crippen molar-refractivity contribution >= 4 is 75.2 Å². The Morgan fingerprint density at radius 3 is 0.919 bits per heavy atom. The van der Waals surface area contributed by atoms with Crippen LogP contribution in [0.4, 0.5) is 0 Å². The summed E-state index contributed by atoms with van der Waals surface area (Å²) < 4.78 is 0.